The van der Waals surface area contributed by atoms with Gasteiger partial charge in [-0.2, -0.15) is 0 Å². The maximum Gasteiger partial charge on any atom is -0.0196 e. The third kappa shape index (κ3) is 2.55. The number of hydrogen-bond donors (Lipinski definition) is 0. The molecule has 0 unspecified atom stereocenters. The molecule has 1 aromatic rings. The lowest BCUT2D eigenvalue weighted by Gasteiger charge is -2.14. The van der Waals surface area contributed by atoms with Crippen LogP contribution in [0.4, 0.5) is 0 Å². The summed E-state index contributed by atoms with van der Waals surface area (Å²) < 4.78 is 0. The topological polar surface area (TPSA) is 0 Å². The van der Waals surface area contributed by atoms with Crippen molar-refractivity contribution in [3.05, 3.63) is 40.5 Å². The third-order valence-electron chi connectivity index (χ3n) is 3.43. The van der Waals surface area contributed by atoms with Crippen molar-refractivity contribution in [3.8, 4) is 0 Å². The summed E-state index contributed by atoms with van der Waals surface area (Å²) in [7, 11) is 0. The number of rotatable bonds is 4. The second-order valence-corrected chi connectivity index (χ2v) is 4.31. The highest BCUT2D eigenvalue weighted by atomic mass is 14.1. The van der Waals surface area contributed by atoms with Crippen molar-refractivity contribution in [1.82, 2.24) is 0 Å². The molecule has 0 heteroatoms. The molecule has 88 valence electrons. The Morgan fingerprint density at radius 2 is 1.44 bits per heavy atom. The van der Waals surface area contributed by atoms with Gasteiger partial charge < -0.3 is 0 Å². The zero-order valence-corrected chi connectivity index (χ0v) is 11.4. The summed E-state index contributed by atoms with van der Waals surface area (Å²) in [4.78, 5) is 0. The maximum absolute atomic E-state index is 2.40. The van der Waals surface area contributed by atoms with Crippen molar-refractivity contribution in [2.75, 3.05) is 0 Å². The van der Waals surface area contributed by atoms with Crippen molar-refractivity contribution in [2.45, 2.75) is 53.9 Å². The van der Waals surface area contributed by atoms with E-state index in [1.807, 2.05) is 0 Å². The fourth-order valence-corrected chi connectivity index (χ4v) is 2.21. The molecule has 0 aliphatic rings. The van der Waals surface area contributed by atoms with E-state index in [2.05, 4.69) is 52.8 Å². The van der Waals surface area contributed by atoms with Crippen LogP contribution in [-0.2, 0) is 19.3 Å². The summed E-state index contributed by atoms with van der Waals surface area (Å²) >= 11 is 0. The number of hydrogen-bond acceptors (Lipinski definition) is 0. The van der Waals surface area contributed by atoms with Crippen LogP contribution in [0.2, 0.25) is 0 Å². The Balaban J connectivity index is 3.37. The Morgan fingerprint density at radius 1 is 0.938 bits per heavy atom. The summed E-state index contributed by atoms with van der Waals surface area (Å²) in [5, 5.41) is 0. The second-order valence-electron chi connectivity index (χ2n) is 4.31. The summed E-state index contributed by atoms with van der Waals surface area (Å²) in [5.74, 6) is 0. The quantitative estimate of drug-likeness (QED) is 0.678. The lowest BCUT2D eigenvalue weighted by molar-refractivity contribution is 1.01. The van der Waals surface area contributed by atoms with Gasteiger partial charge in [0.1, 0.15) is 0 Å². The monoisotopic (exact) mass is 216 g/mol. The number of aryl methyl sites for hydroxylation is 3. The second kappa shape index (κ2) is 5.89. The van der Waals surface area contributed by atoms with E-state index in [4.69, 9.17) is 0 Å². The van der Waals surface area contributed by atoms with E-state index in [1.54, 1.807) is 0 Å². The van der Waals surface area contributed by atoms with Gasteiger partial charge in [-0.05, 0) is 60.9 Å². The van der Waals surface area contributed by atoms with E-state index >= 15 is 0 Å². The van der Waals surface area contributed by atoms with Crippen LogP contribution in [0.5, 0.6) is 0 Å². The average Bonchev–Trinajstić information content (AvgIpc) is 2.35. The zero-order chi connectivity index (χ0) is 12.1. The van der Waals surface area contributed by atoms with Gasteiger partial charge in [-0.25, -0.2) is 0 Å². The molecule has 0 atom stereocenters. The predicted molar refractivity (Wildman–Crippen MR) is 73.9 cm³/mol. The Kier molecular flexibility index (Phi) is 4.79. The van der Waals surface area contributed by atoms with Crippen molar-refractivity contribution in [1.29, 1.82) is 0 Å². The largest absolute Gasteiger partial charge is 0.0841 e. The first-order valence-corrected chi connectivity index (χ1v) is 6.45. The molecule has 0 radical (unpaired) electrons. The van der Waals surface area contributed by atoms with Crippen LogP contribution in [0, 0.1) is 0 Å². The van der Waals surface area contributed by atoms with E-state index in [9.17, 15) is 0 Å². The van der Waals surface area contributed by atoms with Gasteiger partial charge in [0.25, 0.3) is 0 Å². The van der Waals surface area contributed by atoms with E-state index in [0.717, 1.165) is 19.3 Å². The van der Waals surface area contributed by atoms with Crippen molar-refractivity contribution in [2.24, 2.45) is 0 Å². The highest BCUT2D eigenvalue weighted by Gasteiger charge is 2.07. The molecule has 0 saturated heterocycles. The first kappa shape index (κ1) is 13.0. The lowest BCUT2D eigenvalue weighted by atomic mass is 9.91. The summed E-state index contributed by atoms with van der Waals surface area (Å²) in [6, 6.07) is 4.80. The highest BCUT2D eigenvalue weighted by Crippen LogP contribution is 2.25. The number of allylic oxidation sites excluding steroid dienone is 2. The van der Waals surface area contributed by atoms with Crippen molar-refractivity contribution in [3.63, 3.8) is 0 Å². The normalized spacial score (nSPS) is 11.9. The van der Waals surface area contributed by atoms with Gasteiger partial charge in [-0.3, -0.25) is 0 Å². The molecule has 0 aromatic heterocycles. The van der Waals surface area contributed by atoms with Gasteiger partial charge in [0.2, 0.25) is 0 Å². The van der Waals surface area contributed by atoms with Crippen molar-refractivity contribution < 1.29 is 0 Å². The predicted octanol–water partition coefficient (Wildman–Crippen LogP) is 4.80. The molecule has 0 fully saturated rings. The van der Waals surface area contributed by atoms with Crippen LogP contribution in [0.25, 0.3) is 5.57 Å². The van der Waals surface area contributed by atoms with Crippen LogP contribution in [-0.4, -0.2) is 0 Å². The molecule has 0 amide bonds. The van der Waals surface area contributed by atoms with Crippen LogP contribution in [0.3, 0.4) is 0 Å². The smallest absolute Gasteiger partial charge is 0.0196 e. The van der Waals surface area contributed by atoms with Gasteiger partial charge >= 0.3 is 0 Å². The minimum atomic E-state index is 1.12. The summed E-state index contributed by atoms with van der Waals surface area (Å²) in [6.45, 7) is 11.1. The molecule has 16 heavy (non-hydrogen) atoms. The van der Waals surface area contributed by atoms with Crippen LogP contribution in [0.15, 0.2) is 18.2 Å². The minimum Gasteiger partial charge on any atom is -0.0841 e. The molecule has 0 aliphatic heterocycles. The fraction of sp³-hybridized carbons (Fsp3) is 0.500. The van der Waals surface area contributed by atoms with Crippen LogP contribution >= 0.6 is 0 Å². The number of benzene rings is 1. The zero-order valence-electron chi connectivity index (χ0n) is 11.4. The van der Waals surface area contributed by atoms with E-state index in [1.165, 1.54) is 27.8 Å². The molecule has 0 aliphatic carbocycles. The first-order valence-electron chi connectivity index (χ1n) is 6.45. The third-order valence-corrected chi connectivity index (χ3v) is 3.43. The Hall–Kier alpha value is -1.04. The van der Waals surface area contributed by atoms with Crippen LogP contribution < -0.4 is 0 Å². The SMILES string of the molecule is C/C=C(/C)c1cc(CC)c(CC)cc1CC. The van der Waals surface area contributed by atoms with E-state index < -0.39 is 0 Å². The summed E-state index contributed by atoms with van der Waals surface area (Å²) in [5.41, 5.74) is 7.36. The van der Waals surface area contributed by atoms with Gasteiger partial charge in [0, 0.05) is 0 Å². The van der Waals surface area contributed by atoms with Gasteiger partial charge in [-0.1, -0.05) is 39.0 Å². The lowest BCUT2D eigenvalue weighted by Crippen LogP contribution is -1.98. The Labute approximate surface area is 100 Å². The molecule has 0 saturated carbocycles. The standard InChI is InChI=1S/C16H24/c1-6-12(5)16-11-14(8-3)13(7-2)10-15(16)9-4/h6,10-11H,7-9H2,1-5H3/b12-6-. The van der Waals surface area contributed by atoms with Crippen LogP contribution in [0.1, 0.15) is 56.9 Å². The molecule has 0 nitrogen and oxygen atoms in total. The Bertz CT molecular complexity index is 383. The molecule has 0 heterocycles. The molecular weight excluding hydrogens is 192 g/mol. The molecule has 1 rings (SSSR count). The average molecular weight is 216 g/mol. The Morgan fingerprint density at radius 3 is 1.88 bits per heavy atom. The fourth-order valence-electron chi connectivity index (χ4n) is 2.21. The van der Waals surface area contributed by atoms with E-state index in [0.29, 0.717) is 0 Å². The first-order chi connectivity index (χ1) is 7.67. The summed E-state index contributed by atoms with van der Waals surface area (Å²) in [6.07, 6.45) is 5.61. The molecule has 0 bridgehead atoms. The van der Waals surface area contributed by atoms with Gasteiger partial charge in [-0.15, -0.1) is 0 Å². The highest BCUT2D eigenvalue weighted by molar-refractivity contribution is 5.67. The maximum atomic E-state index is 2.40. The van der Waals surface area contributed by atoms with Crippen molar-refractivity contribution >= 4 is 5.57 Å². The van der Waals surface area contributed by atoms with Gasteiger partial charge in [0.05, 0.1) is 0 Å². The van der Waals surface area contributed by atoms with E-state index in [-0.39, 0.29) is 0 Å². The molecule has 0 N–H and O–H groups in total. The minimum absolute atomic E-state index is 1.12. The molecular formula is C16H24. The van der Waals surface area contributed by atoms with Gasteiger partial charge in [0.15, 0.2) is 0 Å². The molecule has 0 spiro atoms. The molecule has 1 aromatic carbocycles.